The number of fused-ring (bicyclic) bond motifs is 1. The van der Waals surface area contributed by atoms with Crippen molar-refractivity contribution in [3.8, 4) is 0 Å². The van der Waals surface area contributed by atoms with Crippen molar-refractivity contribution in [3.63, 3.8) is 0 Å². The average molecular weight is 209 g/mol. The smallest absolute Gasteiger partial charge is 0.297 e. The minimum absolute atomic E-state index is 0.382. The first-order chi connectivity index (χ1) is 7.22. The molecule has 15 heavy (non-hydrogen) atoms. The van der Waals surface area contributed by atoms with E-state index in [1.807, 2.05) is 0 Å². The van der Waals surface area contributed by atoms with Crippen LogP contribution in [0.3, 0.4) is 0 Å². The first-order valence-corrected chi connectivity index (χ1v) is 5.67. The van der Waals surface area contributed by atoms with Gasteiger partial charge >= 0.3 is 0 Å². The van der Waals surface area contributed by atoms with Crippen molar-refractivity contribution in [2.45, 2.75) is 39.2 Å². The molecule has 4 nitrogen and oxygen atoms in total. The summed E-state index contributed by atoms with van der Waals surface area (Å²) in [7, 11) is 0. The summed E-state index contributed by atoms with van der Waals surface area (Å²) >= 11 is 0. The summed E-state index contributed by atoms with van der Waals surface area (Å²) in [6, 6.07) is 1.13. The molecule has 0 spiro atoms. The van der Waals surface area contributed by atoms with E-state index >= 15 is 0 Å². The van der Waals surface area contributed by atoms with E-state index in [4.69, 9.17) is 10.2 Å². The Balaban J connectivity index is 2.18. The molecule has 0 aromatic carbocycles. The highest BCUT2D eigenvalue weighted by molar-refractivity contribution is 5.32. The van der Waals surface area contributed by atoms with Gasteiger partial charge in [-0.2, -0.15) is 4.98 Å². The minimum Gasteiger partial charge on any atom is -0.428 e. The lowest BCUT2D eigenvalue weighted by atomic mass is 10.3. The molecule has 0 aliphatic heterocycles. The lowest BCUT2D eigenvalue weighted by molar-refractivity contribution is 0.479. The molecule has 1 aliphatic rings. The molecule has 0 amide bonds. The molecular weight excluding hydrogens is 190 g/mol. The zero-order chi connectivity index (χ0) is 10.8. The van der Waals surface area contributed by atoms with Gasteiger partial charge in [0.25, 0.3) is 6.01 Å². The van der Waals surface area contributed by atoms with Crippen LogP contribution in [-0.4, -0.2) is 24.1 Å². The SMILES string of the molecule is CC(C)N(CCN)c1nc2c(o1)CCC2. The van der Waals surface area contributed by atoms with Gasteiger partial charge in [0.15, 0.2) is 0 Å². The van der Waals surface area contributed by atoms with E-state index in [1.165, 1.54) is 6.42 Å². The van der Waals surface area contributed by atoms with Crippen molar-refractivity contribution in [1.82, 2.24) is 4.98 Å². The Hall–Kier alpha value is -1.03. The highest BCUT2D eigenvalue weighted by Crippen LogP contribution is 2.27. The molecule has 0 bridgehead atoms. The van der Waals surface area contributed by atoms with Gasteiger partial charge in [-0.3, -0.25) is 0 Å². The molecule has 0 saturated carbocycles. The summed E-state index contributed by atoms with van der Waals surface area (Å²) in [5, 5.41) is 0. The first-order valence-electron chi connectivity index (χ1n) is 5.67. The van der Waals surface area contributed by atoms with E-state index < -0.39 is 0 Å². The quantitative estimate of drug-likeness (QED) is 0.813. The number of hydrogen-bond acceptors (Lipinski definition) is 4. The van der Waals surface area contributed by atoms with Crippen LogP contribution < -0.4 is 10.6 Å². The monoisotopic (exact) mass is 209 g/mol. The number of nitrogens with zero attached hydrogens (tertiary/aromatic N) is 2. The molecular formula is C11H19N3O. The first kappa shape index (κ1) is 10.5. The molecule has 1 aliphatic carbocycles. The standard InChI is InChI=1S/C11H19N3O/c1-8(2)14(7-6-12)11-13-9-4-3-5-10(9)15-11/h8H,3-7,12H2,1-2H3. The largest absolute Gasteiger partial charge is 0.428 e. The second-order valence-electron chi connectivity index (χ2n) is 4.30. The number of oxazole rings is 1. The maximum Gasteiger partial charge on any atom is 0.297 e. The van der Waals surface area contributed by atoms with Gasteiger partial charge in [-0.25, -0.2) is 0 Å². The van der Waals surface area contributed by atoms with Crippen LogP contribution in [0.5, 0.6) is 0 Å². The highest BCUT2D eigenvalue weighted by Gasteiger charge is 2.22. The van der Waals surface area contributed by atoms with Crippen LogP contribution >= 0.6 is 0 Å². The van der Waals surface area contributed by atoms with Crippen LogP contribution in [0.4, 0.5) is 6.01 Å². The molecule has 4 heteroatoms. The highest BCUT2D eigenvalue weighted by atomic mass is 16.4. The van der Waals surface area contributed by atoms with Crippen LogP contribution in [-0.2, 0) is 12.8 Å². The Kier molecular flexibility index (Phi) is 2.95. The lowest BCUT2D eigenvalue weighted by Crippen LogP contribution is -2.35. The third-order valence-corrected chi connectivity index (χ3v) is 2.82. The lowest BCUT2D eigenvalue weighted by Gasteiger charge is -2.23. The molecule has 84 valence electrons. The van der Waals surface area contributed by atoms with Crippen molar-refractivity contribution >= 4 is 6.01 Å². The Morgan fingerprint density at radius 2 is 2.27 bits per heavy atom. The molecule has 0 unspecified atom stereocenters. The topological polar surface area (TPSA) is 55.3 Å². The van der Waals surface area contributed by atoms with Gasteiger partial charge in [0.05, 0.1) is 5.69 Å². The van der Waals surface area contributed by atoms with E-state index in [0.717, 1.165) is 36.9 Å². The predicted molar refractivity (Wildman–Crippen MR) is 60.1 cm³/mol. The van der Waals surface area contributed by atoms with Gasteiger partial charge in [-0.05, 0) is 26.7 Å². The summed E-state index contributed by atoms with van der Waals surface area (Å²) in [6.07, 6.45) is 3.28. The molecule has 2 N–H and O–H groups in total. The zero-order valence-electron chi connectivity index (χ0n) is 9.49. The Labute approximate surface area is 90.5 Å². The van der Waals surface area contributed by atoms with Crippen LogP contribution in [0.25, 0.3) is 0 Å². The van der Waals surface area contributed by atoms with Gasteiger partial charge < -0.3 is 15.1 Å². The van der Waals surface area contributed by atoms with Crippen LogP contribution in [0, 0.1) is 0 Å². The fourth-order valence-electron chi connectivity index (χ4n) is 2.01. The summed E-state index contributed by atoms with van der Waals surface area (Å²) in [5.74, 6) is 1.08. The summed E-state index contributed by atoms with van der Waals surface area (Å²) in [4.78, 5) is 6.66. The van der Waals surface area contributed by atoms with Crippen LogP contribution in [0.1, 0.15) is 31.7 Å². The maximum absolute atomic E-state index is 5.76. The predicted octanol–water partition coefficient (Wildman–Crippen LogP) is 1.34. The molecule has 0 saturated heterocycles. The van der Waals surface area contributed by atoms with Gasteiger partial charge in [0, 0.05) is 25.6 Å². The van der Waals surface area contributed by atoms with Gasteiger partial charge in [0.2, 0.25) is 0 Å². The van der Waals surface area contributed by atoms with Crippen LogP contribution in [0.2, 0.25) is 0 Å². The molecule has 1 heterocycles. The zero-order valence-corrected chi connectivity index (χ0v) is 9.49. The Morgan fingerprint density at radius 1 is 1.47 bits per heavy atom. The minimum atomic E-state index is 0.382. The van der Waals surface area contributed by atoms with E-state index in [1.54, 1.807) is 0 Å². The molecule has 1 aromatic heterocycles. The second kappa shape index (κ2) is 4.23. The van der Waals surface area contributed by atoms with Crippen LogP contribution in [0.15, 0.2) is 4.42 Å². The van der Waals surface area contributed by atoms with Gasteiger partial charge in [0.1, 0.15) is 5.76 Å². The number of rotatable bonds is 4. The molecule has 1 aromatic rings. The number of aryl methyl sites for hydroxylation is 2. The average Bonchev–Trinajstić information content (AvgIpc) is 2.72. The van der Waals surface area contributed by atoms with E-state index in [9.17, 15) is 0 Å². The summed E-state index contributed by atoms with van der Waals surface area (Å²) < 4.78 is 5.76. The van der Waals surface area contributed by atoms with Crippen molar-refractivity contribution < 1.29 is 4.42 Å². The normalized spacial score (nSPS) is 14.7. The van der Waals surface area contributed by atoms with Crippen molar-refractivity contribution in [1.29, 1.82) is 0 Å². The van der Waals surface area contributed by atoms with Gasteiger partial charge in [-0.1, -0.05) is 0 Å². The molecule has 0 atom stereocenters. The molecule has 0 fully saturated rings. The number of anilines is 1. The summed E-state index contributed by atoms with van der Waals surface area (Å²) in [5.41, 5.74) is 6.73. The van der Waals surface area contributed by atoms with Crippen molar-refractivity contribution in [2.75, 3.05) is 18.0 Å². The fraction of sp³-hybridized carbons (Fsp3) is 0.727. The van der Waals surface area contributed by atoms with Gasteiger partial charge in [-0.15, -0.1) is 0 Å². The number of hydrogen-bond donors (Lipinski definition) is 1. The Bertz CT molecular complexity index is 311. The van der Waals surface area contributed by atoms with E-state index in [2.05, 4.69) is 23.7 Å². The summed E-state index contributed by atoms with van der Waals surface area (Å²) in [6.45, 7) is 5.69. The molecule has 0 radical (unpaired) electrons. The number of nitrogens with two attached hydrogens (primary N) is 1. The maximum atomic E-state index is 5.76. The number of aromatic nitrogens is 1. The third kappa shape index (κ3) is 2.00. The van der Waals surface area contributed by atoms with Crippen molar-refractivity contribution in [2.24, 2.45) is 5.73 Å². The molecule has 2 rings (SSSR count). The van der Waals surface area contributed by atoms with Crippen molar-refractivity contribution in [3.05, 3.63) is 11.5 Å². The third-order valence-electron chi connectivity index (χ3n) is 2.82. The second-order valence-corrected chi connectivity index (χ2v) is 4.30. The van der Waals surface area contributed by atoms with E-state index in [-0.39, 0.29) is 0 Å². The Morgan fingerprint density at radius 3 is 2.87 bits per heavy atom. The fourth-order valence-corrected chi connectivity index (χ4v) is 2.01. The van der Waals surface area contributed by atoms with E-state index in [0.29, 0.717) is 12.6 Å².